The van der Waals surface area contributed by atoms with Crippen LogP contribution in [-0.4, -0.2) is 61.9 Å². The van der Waals surface area contributed by atoms with Gasteiger partial charge in [-0.15, -0.1) is 0 Å². The number of hydrogen-bond donors (Lipinski definition) is 1. The average Bonchev–Trinajstić information content (AvgIpc) is 0.722. The van der Waals surface area contributed by atoms with Gasteiger partial charge in [-0.3, -0.25) is 0 Å². The van der Waals surface area contributed by atoms with Crippen molar-refractivity contribution in [3.63, 3.8) is 0 Å². The van der Waals surface area contributed by atoms with E-state index in [0.29, 0.717) is 0 Å². The zero-order chi connectivity index (χ0) is 4.50. The summed E-state index contributed by atoms with van der Waals surface area (Å²) in [6.45, 7) is 0. The summed E-state index contributed by atoms with van der Waals surface area (Å²) in [6.07, 6.45) is 0. The molecule has 0 amide bonds. The van der Waals surface area contributed by atoms with Crippen molar-refractivity contribution < 1.29 is 50.7 Å². The van der Waals surface area contributed by atoms with Crippen LogP contribution in [0.1, 0.15) is 0 Å². The van der Waals surface area contributed by atoms with Gasteiger partial charge in [0.05, 0.1) is 0 Å². The number of hydrogen-bond acceptors (Lipinski definition) is 2. The van der Waals surface area contributed by atoms with Gasteiger partial charge in [-0.2, -0.15) is 0 Å². The van der Waals surface area contributed by atoms with Crippen molar-refractivity contribution in [3.05, 3.63) is 0 Å². The average molecular weight is 361 g/mol. The summed E-state index contributed by atoms with van der Waals surface area (Å²) in [7, 11) is 0. The molecule has 0 saturated heterocycles. The van der Waals surface area contributed by atoms with Gasteiger partial charge in [0.15, 0.2) is 0 Å². The van der Waals surface area contributed by atoms with Crippen LogP contribution in [0.25, 0.3) is 0 Å². The van der Waals surface area contributed by atoms with Crippen molar-refractivity contribution in [2.24, 2.45) is 0 Å². The summed E-state index contributed by atoms with van der Waals surface area (Å²) in [5.74, 6) is 0. The van der Waals surface area contributed by atoms with Gasteiger partial charge in [-0.05, 0) is 0 Å². The fourth-order valence-corrected chi connectivity index (χ4v) is 0. The molecule has 0 atom stereocenters. The van der Waals surface area contributed by atoms with E-state index in [2.05, 4.69) is 0 Å². The molecule has 0 aromatic carbocycles. The predicted molar refractivity (Wildman–Crippen MR) is 20.1 cm³/mol. The minimum absolute atomic E-state index is 0. The third-order valence-electron chi connectivity index (χ3n) is 0. The Labute approximate surface area is 100 Å². The van der Waals surface area contributed by atoms with Gasteiger partial charge < -0.3 is 0 Å². The van der Waals surface area contributed by atoms with Gasteiger partial charge in [-0.25, -0.2) is 0 Å². The summed E-state index contributed by atoms with van der Waals surface area (Å²) in [5.41, 5.74) is 0. The van der Waals surface area contributed by atoms with Crippen molar-refractivity contribution >= 4 is 52.7 Å². The molecule has 0 spiro atoms. The van der Waals surface area contributed by atoms with Crippen LogP contribution in [0.3, 0.4) is 0 Å². The van der Waals surface area contributed by atoms with E-state index in [1.807, 2.05) is 0 Å². The molecule has 0 aliphatic heterocycles. The second kappa shape index (κ2) is 4.71. The quantitative estimate of drug-likeness (QED) is 0.419. The second-order valence-corrected chi connectivity index (χ2v) is 6.29. The number of rotatable bonds is 0. The van der Waals surface area contributed by atoms with E-state index in [0.717, 1.165) is 0 Å². The molecule has 0 fully saturated rings. The van der Waals surface area contributed by atoms with Crippen LogP contribution in [-0.2, 0) is 3.86 Å². The minimum atomic E-state index is -3.53. The van der Waals surface area contributed by atoms with Crippen molar-refractivity contribution in [2.45, 2.75) is 0 Å². The van der Waals surface area contributed by atoms with E-state index >= 15 is 0 Å². The topological polar surface area (TPSA) is 54.4 Å². The molecule has 0 heterocycles. The zero-order valence-corrected chi connectivity index (χ0v) is 6.13. The fourth-order valence-electron chi connectivity index (χ4n) is 0. The van der Waals surface area contributed by atoms with Crippen molar-refractivity contribution in [1.29, 1.82) is 0 Å². The van der Waals surface area contributed by atoms with E-state index in [1.54, 1.807) is 0 Å². The Morgan fingerprint density at radius 2 is 1.50 bits per heavy atom. The SMILES string of the molecule is O=[S](=O)(O)[Ce].[BaH2]. The van der Waals surface area contributed by atoms with Crippen LogP contribution in [0.4, 0.5) is 0 Å². The van der Waals surface area contributed by atoms with E-state index in [-0.39, 0.29) is 86.6 Å². The Morgan fingerprint density at radius 1 is 1.50 bits per heavy atom. The van der Waals surface area contributed by atoms with Crippen LogP contribution in [0.5, 0.6) is 0 Å². The molecule has 0 unspecified atom stereocenters. The normalized spacial score (nSPS) is 9.33. The van der Waals surface area contributed by atoms with Crippen LogP contribution in [0.2, 0.25) is 0 Å². The first-order valence-electron chi connectivity index (χ1n) is 0.720. The fraction of sp³-hybridized carbons (Fsp3) is 0. The maximum atomic E-state index is 9.25. The molecule has 0 bridgehead atoms. The Bertz CT molecular complexity index is 94.0. The molecule has 3 nitrogen and oxygen atoms in total. The monoisotopic (exact) mass is 361 g/mol. The molecule has 6 heavy (non-hydrogen) atoms. The van der Waals surface area contributed by atoms with Crippen LogP contribution in [0, 0.1) is 37.7 Å². The Kier molecular flexibility index (Phi) is 9.13. The third-order valence-corrected chi connectivity index (χ3v) is 0. The zero-order valence-electron chi connectivity index (χ0n) is 2.17. The van der Waals surface area contributed by atoms with Crippen LogP contribution < -0.4 is 0 Å². The van der Waals surface area contributed by atoms with Gasteiger partial charge in [-0.1, -0.05) is 0 Å². The molecule has 0 saturated carbocycles. The van der Waals surface area contributed by atoms with Gasteiger partial charge in [0.25, 0.3) is 0 Å². The van der Waals surface area contributed by atoms with Crippen LogP contribution >= 0.6 is 0 Å². The standard InChI is InChI=1S/Ba.Ce.HO3S.2H/c;;1-4(2)3;;/h;;(H,1,2,3);;. The molecular formula is H3BaCeO3S. The summed E-state index contributed by atoms with van der Waals surface area (Å²) in [6, 6.07) is 0. The van der Waals surface area contributed by atoms with E-state index in [4.69, 9.17) is 4.55 Å². The molecule has 1 N–H and O–H groups in total. The first-order chi connectivity index (χ1) is 2.00. The summed E-state index contributed by atoms with van der Waals surface area (Å²) >= 11 is -0.164. The Hall–Kier alpha value is 2.86. The Morgan fingerprint density at radius 3 is 1.50 bits per heavy atom. The molecule has 0 aromatic heterocycles. The Balaban J connectivity index is 0. The molecule has 0 radical (unpaired) electrons. The molecular weight excluding hydrogens is 358 g/mol. The van der Waals surface area contributed by atoms with E-state index < -0.39 is 3.86 Å². The molecule has 6 heteroatoms. The maximum absolute atomic E-state index is 9.25. The summed E-state index contributed by atoms with van der Waals surface area (Å²) in [5, 5.41) is 0. The summed E-state index contributed by atoms with van der Waals surface area (Å²) in [4.78, 5) is 0. The molecule has 0 aromatic rings. The molecule has 0 rings (SSSR count). The first-order valence-corrected chi connectivity index (χ1v) is 6.01. The van der Waals surface area contributed by atoms with Crippen molar-refractivity contribution in [1.82, 2.24) is 0 Å². The first kappa shape index (κ1) is 11.6. The second-order valence-electron chi connectivity index (χ2n) is 0.475. The van der Waals surface area contributed by atoms with Gasteiger partial charge in [0, 0.05) is 0 Å². The van der Waals surface area contributed by atoms with Gasteiger partial charge in [0.1, 0.15) is 0 Å². The third kappa shape index (κ3) is 28.8. The molecule has 0 aliphatic rings. The van der Waals surface area contributed by atoms with Gasteiger partial charge >= 0.3 is 103 Å². The van der Waals surface area contributed by atoms with Gasteiger partial charge in [0.2, 0.25) is 0 Å². The summed E-state index contributed by atoms with van der Waals surface area (Å²) < 4.78 is 22.5. The molecule has 33 valence electrons. The van der Waals surface area contributed by atoms with E-state index in [1.165, 1.54) is 0 Å². The predicted octanol–water partition coefficient (Wildman–Crippen LogP) is -1.58. The molecule has 0 aliphatic carbocycles. The van der Waals surface area contributed by atoms with Crippen LogP contribution in [0.15, 0.2) is 0 Å². The van der Waals surface area contributed by atoms with Crippen molar-refractivity contribution in [2.75, 3.05) is 0 Å². The van der Waals surface area contributed by atoms with E-state index in [9.17, 15) is 8.42 Å². The van der Waals surface area contributed by atoms with Crippen molar-refractivity contribution in [3.8, 4) is 0 Å².